The van der Waals surface area contributed by atoms with E-state index >= 15 is 0 Å². The lowest BCUT2D eigenvalue weighted by molar-refractivity contribution is 0.0955. The average molecular weight is 443 g/mol. The molecule has 31 heavy (non-hydrogen) atoms. The Labute approximate surface area is 183 Å². The van der Waals surface area contributed by atoms with Crippen LogP contribution in [0.3, 0.4) is 0 Å². The first-order chi connectivity index (χ1) is 15.0. The van der Waals surface area contributed by atoms with Gasteiger partial charge in [-0.25, -0.2) is 9.19 Å². The Balaban J connectivity index is 1.43. The summed E-state index contributed by atoms with van der Waals surface area (Å²) in [6.07, 6.45) is 3.72. The molecular weight excluding hydrogens is 416 g/mol. The standard InChI is InChI=1S/C21H26N6O3S/c1-2-23-21(28)15-8-9-24-18(11-15)27-10-4-5-14(12-27)13-30-17-7-3-6-16-19(17)20(22)26-31(29)25-16/h3,6-9,11,14,25H,2,4-5,10,12-13H2,1H3,(H2,22,26)(H,23,28). The van der Waals surface area contributed by atoms with Crippen molar-refractivity contribution >= 4 is 34.4 Å². The van der Waals surface area contributed by atoms with E-state index < -0.39 is 11.2 Å². The number of nitrogens with two attached hydrogens (primary N) is 1. The summed E-state index contributed by atoms with van der Waals surface area (Å²) in [6.45, 7) is 4.67. The third-order valence-electron chi connectivity index (χ3n) is 5.32. The highest BCUT2D eigenvalue weighted by Gasteiger charge is 2.24. The Morgan fingerprint density at radius 2 is 2.29 bits per heavy atom. The largest absolute Gasteiger partial charge is 0.492 e. The maximum absolute atomic E-state index is 12.1. The molecule has 4 rings (SSSR count). The average Bonchev–Trinajstić information content (AvgIpc) is 2.78. The topological polar surface area (TPSA) is 122 Å². The summed E-state index contributed by atoms with van der Waals surface area (Å²) in [7, 11) is 0. The van der Waals surface area contributed by atoms with E-state index in [2.05, 4.69) is 24.3 Å². The van der Waals surface area contributed by atoms with Gasteiger partial charge in [0.1, 0.15) is 17.4 Å². The SMILES string of the molecule is CCNC(=O)c1ccnc(N2CCCC(COc3cccc4c3C(N)=NS(=O)N4)C2)c1. The minimum atomic E-state index is -1.57. The van der Waals surface area contributed by atoms with Crippen molar-refractivity contribution in [1.29, 1.82) is 0 Å². The summed E-state index contributed by atoms with van der Waals surface area (Å²) in [6, 6.07) is 9.04. The fraction of sp³-hybridized carbons (Fsp3) is 0.381. The Morgan fingerprint density at radius 1 is 1.42 bits per heavy atom. The molecule has 0 aliphatic carbocycles. The maximum atomic E-state index is 12.1. The smallest absolute Gasteiger partial charge is 0.251 e. The van der Waals surface area contributed by atoms with Gasteiger partial charge in [0.15, 0.2) is 0 Å². The molecule has 4 N–H and O–H groups in total. The Kier molecular flexibility index (Phi) is 6.36. The third kappa shape index (κ3) is 4.79. The number of fused-ring (bicyclic) bond motifs is 1. The van der Waals surface area contributed by atoms with Gasteiger partial charge in [-0.05, 0) is 44.0 Å². The molecule has 2 aromatic rings. The summed E-state index contributed by atoms with van der Waals surface area (Å²) in [5.74, 6) is 1.83. The van der Waals surface area contributed by atoms with Crippen LogP contribution < -0.4 is 25.4 Å². The molecule has 2 aliphatic rings. The van der Waals surface area contributed by atoms with E-state index in [0.29, 0.717) is 41.6 Å². The van der Waals surface area contributed by atoms with Crippen LogP contribution in [0.5, 0.6) is 5.75 Å². The Hall–Kier alpha value is -3.14. The molecule has 0 spiro atoms. The predicted molar refractivity (Wildman–Crippen MR) is 122 cm³/mol. The van der Waals surface area contributed by atoms with Crippen LogP contribution in [0.2, 0.25) is 0 Å². The number of hydrogen-bond donors (Lipinski definition) is 3. The number of nitrogens with zero attached hydrogens (tertiary/aromatic N) is 3. The van der Waals surface area contributed by atoms with Crippen molar-refractivity contribution in [2.45, 2.75) is 19.8 Å². The number of hydrogen-bond acceptors (Lipinski definition) is 6. The third-order valence-corrected chi connectivity index (χ3v) is 6.08. The van der Waals surface area contributed by atoms with Gasteiger partial charge in [0.25, 0.3) is 5.91 Å². The van der Waals surface area contributed by atoms with Crippen molar-refractivity contribution in [3.63, 3.8) is 0 Å². The molecule has 2 atom stereocenters. The first-order valence-corrected chi connectivity index (χ1v) is 11.4. The van der Waals surface area contributed by atoms with E-state index in [1.54, 1.807) is 18.3 Å². The van der Waals surface area contributed by atoms with Crippen molar-refractivity contribution in [2.75, 3.05) is 35.9 Å². The number of aromatic nitrogens is 1. The molecule has 9 nitrogen and oxygen atoms in total. The van der Waals surface area contributed by atoms with Crippen molar-refractivity contribution in [3.05, 3.63) is 47.7 Å². The van der Waals surface area contributed by atoms with Crippen LogP contribution in [0.4, 0.5) is 11.5 Å². The second kappa shape index (κ2) is 9.34. The number of rotatable bonds is 6. The van der Waals surface area contributed by atoms with Gasteiger partial charge >= 0.3 is 0 Å². The molecular formula is C21H26N6O3S. The number of amidine groups is 1. The predicted octanol–water partition coefficient (Wildman–Crippen LogP) is 1.84. The number of carbonyl (C=O) groups is 1. The molecule has 0 saturated carbocycles. The first kappa shape index (κ1) is 21.1. The van der Waals surface area contributed by atoms with Crippen LogP contribution >= 0.6 is 0 Å². The van der Waals surface area contributed by atoms with Crippen molar-refractivity contribution < 1.29 is 13.7 Å². The van der Waals surface area contributed by atoms with E-state index in [9.17, 15) is 9.00 Å². The normalized spacial score (nSPS) is 20.3. The van der Waals surface area contributed by atoms with Gasteiger partial charge in [0.2, 0.25) is 11.2 Å². The first-order valence-electron chi connectivity index (χ1n) is 10.3. The zero-order valence-corrected chi connectivity index (χ0v) is 18.2. The highest BCUT2D eigenvalue weighted by molar-refractivity contribution is 7.85. The van der Waals surface area contributed by atoms with E-state index in [-0.39, 0.29) is 11.7 Å². The number of piperidine rings is 1. The van der Waals surface area contributed by atoms with Crippen LogP contribution in [0, 0.1) is 5.92 Å². The highest BCUT2D eigenvalue weighted by atomic mass is 32.2. The molecule has 2 unspecified atom stereocenters. The molecule has 1 amide bonds. The number of ether oxygens (including phenoxy) is 1. The quantitative estimate of drug-likeness (QED) is 0.628. The molecule has 1 fully saturated rings. The Bertz CT molecular complexity index is 1030. The summed E-state index contributed by atoms with van der Waals surface area (Å²) < 4.78 is 24.5. The van der Waals surface area contributed by atoms with Crippen LogP contribution in [-0.2, 0) is 11.2 Å². The van der Waals surface area contributed by atoms with Crippen LogP contribution in [-0.4, -0.2) is 47.2 Å². The number of benzene rings is 1. The number of anilines is 2. The molecule has 1 saturated heterocycles. The monoisotopic (exact) mass is 442 g/mol. The van der Waals surface area contributed by atoms with Crippen molar-refractivity contribution in [3.8, 4) is 5.75 Å². The summed E-state index contributed by atoms with van der Waals surface area (Å²) in [4.78, 5) is 18.8. The van der Waals surface area contributed by atoms with Crippen LogP contribution in [0.15, 0.2) is 40.9 Å². The van der Waals surface area contributed by atoms with Gasteiger partial charge in [0, 0.05) is 37.3 Å². The van der Waals surface area contributed by atoms with E-state index in [1.807, 2.05) is 25.1 Å². The summed E-state index contributed by atoms with van der Waals surface area (Å²) in [5, 5.41) is 2.82. The summed E-state index contributed by atoms with van der Waals surface area (Å²) >= 11 is -1.57. The van der Waals surface area contributed by atoms with Gasteiger partial charge in [-0.3, -0.25) is 9.52 Å². The summed E-state index contributed by atoms with van der Waals surface area (Å²) in [5.41, 5.74) is 7.90. The molecule has 1 aromatic carbocycles. The van der Waals surface area contributed by atoms with Crippen LogP contribution in [0.1, 0.15) is 35.7 Å². The fourth-order valence-corrected chi connectivity index (χ4v) is 4.54. The van der Waals surface area contributed by atoms with Crippen molar-refractivity contribution in [2.24, 2.45) is 16.0 Å². The number of carbonyl (C=O) groups excluding carboxylic acids is 1. The van der Waals surface area contributed by atoms with E-state index in [1.165, 1.54) is 0 Å². The number of nitrogens with one attached hydrogen (secondary N) is 2. The molecule has 1 aromatic heterocycles. The van der Waals surface area contributed by atoms with Crippen molar-refractivity contribution in [1.82, 2.24) is 10.3 Å². The Morgan fingerprint density at radius 3 is 3.13 bits per heavy atom. The fourth-order valence-electron chi connectivity index (χ4n) is 3.86. The van der Waals surface area contributed by atoms with E-state index in [0.717, 1.165) is 31.7 Å². The van der Waals surface area contributed by atoms with Gasteiger partial charge in [-0.2, -0.15) is 4.40 Å². The van der Waals surface area contributed by atoms with E-state index in [4.69, 9.17) is 10.5 Å². The van der Waals surface area contributed by atoms with Gasteiger partial charge in [0.05, 0.1) is 17.9 Å². The lowest BCUT2D eigenvalue weighted by Crippen LogP contribution is -2.38. The van der Waals surface area contributed by atoms with Gasteiger partial charge in [-0.15, -0.1) is 0 Å². The lowest BCUT2D eigenvalue weighted by atomic mass is 9.98. The lowest BCUT2D eigenvalue weighted by Gasteiger charge is -2.33. The molecule has 0 radical (unpaired) electrons. The number of pyridine rings is 1. The second-order valence-electron chi connectivity index (χ2n) is 7.53. The van der Waals surface area contributed by atoms with Gasteiger partial charge in [-0.1, -0.05) is 6.07 Å². The van der Waals surface area contributed by atoms with Gasteiger partial charge < -0.3 is 20.7 Å². The maximum Gasteiger partial charge on any atom is 0.251 e. The molecule has 3 heterocycles. The number of amides is 1. The van der Waals surface area contributed by atoms with Crippen LogP contribution in [0.25, 0.3) is 0 Å². The minimum Gasteiger partial charge on any atom is -0.492 e. The minimum absolute atomic E-state index is 0.0920. The molecule has 0 bridgehead atoms. The zero-order valence-electron chi connectivity index (χ0n) is 17.3. The molecule has 2 aliphatic heterocycles. The zero-order chi connectivity index (χ0) is 21.8. The second-order valence-corrected chi connectivity index (χ2v) is 8.42. The molecule has 164 valence electrons. The highest BCUT2D eigenvalue weighted by Crippen LogP contribution is 2.31. The molecule has 10 heteroatoms.